The summed E-state index contributed by atoms with van der Waals surface area (Å²) in [7, 11) is -3.07. The smallest absolute Gasteiger partial charge is 0.180 e. The standard InChI is InChI=1S/C66H45N3Si/c1-5-23-46(24-6-1)51-31-13-17-35-56(51)69-59-38-20-16-34-54(59)55-44-43-47(45-63(55)69)67-60-39-21-40-61(68-57-36-18-14-32-52(57)53-33-15-19-37-58(53)68)65(60)66-62(67)41-22-42-64(66)70(48-25-7-2-8-26-48,49-27-9-3-10-28-49)50-29-11-4-12-30-50/h1-45H. The highest BCUT2D eigenvalue weighted by atomic mass is 28.3. The van der Waals surface area contributed by atoms with Gasteiger partial charge in [0, 0.05) is 43.6 Å². The lowest BCUT2D eigenvalue weighted by atomic mass is 10.0. The zero-order chi connectivity index (χ0) is 46.2. The van der Waals surface area contributed by atoms with Crippen LogP contribution in [0.3, 0.4) is 0 Å². The molecule has 14 rings (SSSR count). The number of hydrogen-bond acceptors (Lipinski definition) is 0. The fraction of sp³-hybridized carbons (Fsp3) is 0. The second kappa shape index (κ2) is 16.1. The predicted octanol–water partition coefficient (Wildman–Crippen LogP) is 14.0. The maximum atomic E-state index is 2.55. The Bertz CT molecular complexity index is 4130. The van der Waals surface area contributed by atoms with Gasteiger partial charge in [-0.1, -0.05) is 218 Å². The van der Waals surface area contributed by atoms with Crippen molar-refractivity contribution < 1.29 is 0 Å². The topological polar surface area (TPSA) is 14.8 Å². The number of para-hydroxylation sites is 4. The van der Waals surface area contributed by atoms with Crippen LogP contribution >= 0.6 is 0 Å². The van der Waals surface area contributed by atoms with E-state index in [1.54, 1.807) is 0 Å². The van der Waals surface area contributed by atoms with Gasteiger partial charge in [0.05, 0.1) is 44.5 Å². The molecule has 0 aliphatic carbocycles. The second-order valence-electron chi connectivity index (χ2n) is 18.4. The van der Waals surface area contributed by atoms with Crippen molar-refractivity contribution in [2.75, 3.05) is 0 Å². The Kier molecular flexibility index (Phi) is 9.23. The lowest BCUT2D eigenvalue weighted by molar-refractivity contribution is 1.15. The van der Waals surface area contributed by atoms with Crippen LogP contribution in [0.15, 0.2) is 273 Å². The molecule has 3 aromatic heterocycles. The molecule has 0 fully saturated rings. The number of fused-ring (bicyclic) bond motifs is 9. The molecule has 0 saturated heterocycles. The maximum absolute atomic E-state index is 3.07. The highest BCUT2D eigenvalue weighted by Gasteiger charge is 2.43. The van der Waals surface area contributed by atoms with E-state index in [0.29, 0.717) is 0 Å². The van der Waals surface area contributed by atoms with Gasteiger partial charge in [-0.05, 0) is 80.9 Å². The Labute approximate surface area is 407 Å². The monoisotopic (exact) mass is 907 g/mol. The Hall–Kier alpha value is -8.96. The maximum Gasteiger partial charge on any atom is 0.180 e. The molecule has 0 bridgehead atoms. The van der Waals surface area contributed by atoms with Crippen molar-refractivity contribution in [1.29, 1.82) is 0 Å². The van der Waals surface area contributed by atoms with Crippen LogP contribution in [0.5, 0.6) is 0 Å². The van der Waals surface area contributed by atoms with E-state index in [2.05, 4.69) is 287 Å². The lowest BCUT2D eigenvalue weighted by Gasteiger charge is -2.35. The van der Waals surface area contributed by atoms with Gasteiger partial charge in [-0.3, -0.25) is 0 Å². The van der Waals surface area contributed by atoms with Gasteiger partial charge in [-0.25, -0.2) is 0 Å². The highest BCUT2D eigenvalue weighted by Crippen LogP contribution is 2.42. The van der Waals surface area contributed by atoms with E-state index in [1.165, 1.54) is 86.3 Å². The van der Waals surface area contributed by atoms with E-state index >= 15 is 0 Å². The van der Waals surface area contributed by atoms with Gasteiger partial charge in [0.15, 0.2) is 8.07 Å². The summed E-state index contributed by atoms with van der Waals surface area (Å²) < 4.78 is 7.56. The molecule has 3 nitrogen and oxygen atoms in total. The summed E-state index contributed by atoms with van der Waals surface area (Å²) in [5.41, 5.74) is 12.9. The average Bonchev–Trinajstić information content (AvgIpc) is 4.08. The van der Waals surface area contributed by atoms with Crippen molar-refractivity contribution in [3.8, 4) is 28.2 Å². The first-order valence-electron chi connectivity index (χ1n) is 24.2. The van der Waals surface area contributed by atoms with E-state index in [4.69, 9.17) is 0 Å². The van der Waals surface area contributed by atoms with Crippen molar-refractivity contribution in [3.63, 3.8) is 0 Å². The fourth-order valence-corrected chi connectivity index (χ4v) is 17.0. The van der Waals surface area contributed by atoms with Gasteiger partial charge in [-0.15, -0.1) is 0 Å². The first-order valence-corrected chi connectivity index (χ1v) is 26.2. The van der Waals surface area contributed by atoms with E-state index < -0.39 is 8.07 Å². The molecular weight excluding hydrogens is 863 g/mol. The van der Waals surface area contributed by atoms with Gasteiger partial charge in [0.25, 0.3) is 0 Å². The number of aromatic nitrogens is 3. The molecule has 0 aliphatic heterocycles. The third-order valence-electron chi connectivity index (χ3n) is 14.8. The second-order valence-corrected chi connectivity index (χ2v) is 22.1. The van der Waals surface area contributed by atoms with E-state index in [-0.39, 0.29) is 0 Å². The molecule has 70 heavy (non-hydrogen) atoms. The van der Waals surface area contributed by atoms with Crippen LogP contribution in [0, 0.1) is 0 Å². The van der Waals surface area contributed by atoms with Crippen molar-refractivity contribution >= 4 is 94.2 Å². The third kappa shape index (κ3) is 5.87. The quantitative estimate of drug-likeness (QED) is 0.107. The Balaban J connectivity index is 1.16. The highest BCUT2D eigenvalue weighted by molar-refractivity contribution is 7.20. The normalized spacial score (nSPS) is 12.0. The summed E-state index contributed by atoms with van der Waals surface area (Å²) >= 11 is 0. The van der Waals surface area contributed by atoms with Crippen LogP contribution in [0.2, 0.25) is 0 Å². The zero-order valence-electron chi connectivity index (χ0n) is 38.3. The average molecular weight is 908 g/mol. The molecule has 0 spiro atoms. The summed E-state index contributed by atoms with van der Waals surface area (Å²) in [6.07, 6.45) is 0. The first kappa shape index (κ1) is 40.1. The van der Waals surface area contributed by atoms with E-state index in [1.807, 2.05) is 0 Å². The first-order chi connectivity index (χ1) is 34.8. The zero-order valence-corrected chi connectivity index (χ0v) is 39.3. The predicted molar refractivity (Wildman–Crippen MR) is 299 cm³/mol. The van der Waals surface area contributed by atoms with Crippen molar-refractivity contribution in [2.45, 2.75) is 0 Å². The summed E-state index contributed by atoms with van der Waals surface area (Å²) in [4.78, 5) is 0. The SMILES string of the molecule is c1ccc(-c2ccccc2-n2c3ccccc3c3ccc(-n4c5cccc(-n6c7ccccc7c7ccccc76)c5c5c([Si](c6ccccc6)(c6ccccc6)c6ccccc6)cccc54)cc32)cc1. The molecule has 0 amide bonds. The summed E-state index contributed by atoms with van der Waals surface area (Å²) in [5, 5.41) is 12.8. The van der Waals surface area contributed by atoms with Gasteiger partial charge >= 0.3 is 0 Å². The Morgan fingerprint density at radius 1 is 0.257 bits per heavy atom. The number of nitrogens with zero attached hydrogens (tertiary/aromatic N) is 3. The van der Waals surface area contributed by atoms with Crippen LogP contribution in [0.1, 0.15) is 0 Å². The molecule has 0 saturated carbocycles. The molecule has 0 unspecified atom stereocenters. The molecule has 3 heterocycles. The largest absolute Gasteiger partial charge is 0.309 e. The number of hydrogen-bond donors (Lipinski definition) is 0. The fourth-order valence-electron chi connectivity index (χ4n) is 12.0. The molecule has 0 aliphatic rings. The van der Waals surface area contributed by atoms with Crippen LogP contribution < -0.4 is 20.7 Å². The lowest BCUT2D eigenvalue weighted by Crippen LogP contribution is -2.74. The Morgan fingerprint density at radius 3 is 1.24 bits per heavy atom. The minimum atomic E-state index is -3.07. The summed E-state index contributed by atoms with van der Waals surface area (Å²) in [6, 6.07) is 102. The molecular formula is C66H45N3Si. The van der Waals surface area contributed by atoms with E-state index in [9.17, 15) is 0 Å². The van der Waals surface area contributed by atoms with Crippen LogP contribution in [0.4, 0.5) is 0 Å². The van der Waals surface area contributed by atoms with Crippen molar-refractivity contribution in [3.05, 3.63) is 273 Å². The van der Waals surface area contributed by atoms with Crippen LogP contribution in [0.25, 0.3) is 93.6 Å². The minimum Gasteiger partial charge on any atom is -0.309 e. The Morgan fingerprint density at radius 2 is 0.671 bits per heavy atom. The van der Waals surface area contributed by atoms with Gasteiger partial charge in [0.2, 0.25) is 0 Å². The van der Waals surface area contributed by atoms with Gasteiger partial charge in [0.1, 0.15) is 0 Å². The van der Waals surface area contributed by atoms with Gasteiger partial charge in [-0.2, -0.15) is 0 Å². The van der Waals surface area contributed by atoms with Crippen molar-refractivity contribution in [1.82, 2.24) is 13.7 Å². The van der Waals surface area contributed by atoms with Crippen LogP contribution in [-0.2, 0) is 0 Å². The van der Waals surface area contributed by atoms with Crippen LogP contribution in [-0.4, -0.2) is 21.8 Å². The molecule has 0 radical (unpaired) electrons. The third-order valence-corrected chi connectivity index (χ3v) is 19.6. The molecule has 14 aromatic rings. The summed E-state index contributed by atoms with van der Waals surface area (Å²) in [5.74, 6) is 0. The van der Waals surface area contributed by atoms with Crippen molar-refractivity contribution in [2.24, 2.45) is 0 Å². The van der Waals surface area contributed by atoms with E-state index in [0.717, 1.165) is 28.1 Å². The number of rotatable bonds is 8. The molecule has 0 atom stereocenters. The minimum absolute atomic E-state index is 1.11. The molecule has 0 N–H and O–H groups in total. The molecule has 328 valence electrons. The van der Waals surface area contributed by atoms with Gasteiger partial charge < -0.3 is 13.7 Å². The summed E-state index contributed by atoms with van der Waals surface area (Å²) in [6.45, 7) is 0. The molecule has 4 heteroatoms. The molecule has 11 aromatic carbocycles. The number of benzene rings is 11.